The van der Waals surface area contributed by atoms with Crippen molar-refractivity contribution < 1.29 is 4.39 Å². The Kier molecular flexibility index (Phi) is 4.74. The number of aryl methyl sites for hydroxylation is 1. The van der Waals surface area contributed by atoms with Crippen LogP contribution in [0.1, 0.15) is 36.9 Å². The zero-order valence-electron chi connectivity index (χ0n) is 17.0. The van der Waals surface area contributed by atoms with Gasteiger partial charge in [-0.15, -0.1) is 0 Å². The molecule has 0 bridgehead atoms. The SMILES string of the molecule is Cc1nc(N2CCC3(CCCN(Cc4c[nH]c5ccccc45)C3)CC2)ncc1F. The molecule has 1 spiro atoms. The summed E-state index contributed by atoms with van der Waals surface area (Å²) in [6.07, 6.45) is 8.33. The molecule has 1 aromatic carbocycles. The van der Waals surface area contributed by atoms with Gasteiger partial charge in [-0.05, 0) is 56.2 Å². The van der Waals surface area contributed by atoms with E-state index in [0.29, 0.717) is 17.1 Å². The molecule has 2 fully saturated rings. The molecular formula is C23H28FN5. The summed E-state index contributed by atoms with van der Waals surface area (Å²) < 4.78 is 13.5. The summed E-state index contributed by atoms with van der Waals surface area (Å²) >= 11 is 0. The lowest BCUT2D eigenvalue weighted by Crippen LogP contribution is -2.49. The highest BCUT2D eigenvalue weighted by Crippen LogP contribution is 2.41. The number of fused-ring (bicyclic) bond motifs is 1. The summed E-state index contributed by atoms with van der Waals surface area (Å²) in [5.41, 5.74) is 3.43. The van der Waals surface area contributed by atoms with Crippen LogP contribution in [0.5, 0.6) is 0 Å². The quantitative estimate of drug-likeness (QED) is 0.721. The molecule has 2 aromatic heterocycles. The number of piperidine rings is 2. The molecule has 5 nitrogen and oxygen atoms in total. The zero-order valence-corrected chi connectivity index (χ0v) is 17.0. The summed E-state index contributed by atoms with van der Waals surface area (Å²) in [5, 5.41) is 1.34. The third kappa shape index (κ3) is 3.62. The molecule has 0 unspecified atom stereocenters. The van der Waals surface area contributed by atoms with Crippen molar-refractivity contribution in [3.63, 3.8) is 0 Å². The van der Waals surface area contributed by atoms with Gasteiger partial charge in [0, 0.05) is 43.3 Å². The van der Waals surface area contributed by atoms with Gasteiger partial charge in [0.1, 0.15) is 0 Å². The van der Waals surface area contributed by atoms with Crippen LogP contribution in [-0.4, -0.2) is 46.0 Å². The molecule has 2 aliphatic heterocycles. The van der Waals surface area contributed by atoms with Crippen molar-refractivity contribution in [1.82, 2.24) is 19.9 Å². The lowest BCUT2D eigenvalue weighted by molar-refractivity contribution is 0.0605. The lowest BCUT2D eigenvalue weighted by Gasteiger charge is -2.47. The van der Waals surface area contributed by atoms with Crippen molar-refractivity contribution in [3.8, 4) is 0 Å². The molecule has 152 valence electrons. The Balaban J connectivity index is 1.25. The molecule has 29 heavy (non-hydrogen) atoms. The van der Waals surface area contributed by atoms with Crippen LogP contribution < -0.4 is 4.90 Å². The molecule has 3 aromatic rings. The van der Waals surface area contributed by atoms with Crippen LogP contribution in [0.3, 0.4) is 0 Å². The summed E-state index contributed by atoms with van der Waals surface area (Å²) in [5.74, 6) is 0.340. The van der Waals surface area contributed by atoms with Gasteiger partial charge in [-0.2, -0.15) is 0 Å². The van der Waals surface area contributed by atoms with Crippen molar-refractivity contribution in [3.05, 3.63) is 53.7 Å². The van der Waals surface area contributed by atoms with Crippen LogP contribution in [0.15, 0.2) is 36.7 Å². The Hall–Kier alpha value is -2.47. The monoisotopic (exact) mass is 393 g/mol. The lowest BCUT2D eigenvalue weighted by atomic mass is 9.72. The first-order valence-electron chi connectivity index (χ1n) is 10.6. The number of aromatic nitrogens is 3. The van der Waals surface area contributed by atoms with Crippen molar-refractivity contribution in [2.45, 2.75) is 39.2 Å². The van der Waals surface area contributed by atoms with Crippen LogP contribution in [0.25, 0.3) is 10.9 Å². The van der Waals surface area contributed by atoms with Gasteiger partial charge in [-0.3, -0.25) is 4.90 Å². The number of aromatic amines is 1. The average molecular weight is 394 g/mol. The Labute approximate surface area is 171 Å². The number of rotatable bonds is 3. The Morgan fingerprint density at radius 1 is 1.14 bits per heavy atom. The highest BCUT2D eigenvalue weighted by atomic mass is 19.1. The summed E-state index contributed by atoms with van der Waals surface area (Å²) in [6.45, 7) is 6.94. The number of nitrogens with one attached hydrogen (secondary N) is 1. The fourth-order valence-corrected chi connectivity index (χ4v) is 5.13. The van der Waals surface area contributed by atoms with Crippen molar-refractivity contribution in [2.24, 2.45) is 5.41 Å². The molecule has 0 saturated carbocycles. The van der Waals surface area contributed by atoms with Gasteiger partial charge in [0.25, 0.3) is 0 Å². The topological polar surface area (TPSA) is 48.1 Å². The fraction of sp³-hybridized carbons (Fsp3) is 0.478. The second kappa shape index (κ2) is 7.41. The van der Waals surface area contributed by atoms with E-state index in [0.717, 1.165) is 39.0 Å². The van der Waals surface area contributed by atoms with Gasteiger partial charge in [0.05, 0.1) is 11.9 Å². The first kappa shape index (κ1) is 18.6. The van der Waals surface area contributed by atoms with Gasteiger partial charge in [0.15, 0.2) is 5.82 Å². The number of para-hydroxylation sites is 1. The third-order valence-electron chi connectivity index (χ3n) is 6.82. The van der Waals surface area contributed by atoms with Gasteiger partial charge in [-0.25, -0.2) is 14.4 Å². The second-order valence-electron chi connectivity index (χ2n) is 8.76. The molecule has 1 N–H and O–H groups in total. The van der Waals surface area contributed by atoms with Crippen molar-refractivity contribution in [2.75, 3.05) is 31.1 Å². The van der Waals surface area contributed by atoms with Gasteiger partial charge in [0.2, 0.25) is 5.95 Å². The normalized spacial score (nSPS) is 19.9. The Bertz CT molecular complexity index is 1010. The number of likely N-dealkylation sites (tertiary alicyclic amines) is 1. The molecule has 2 saturated heterocycles. The largest absolute Gasteiger partial charge is 0.361 e. The number of hydrogen-bond donors (Lipinski definition) is 1. The van der Waals surface area contributed by atoms with Gasteiger partial charge in [-0.1, -0.05) is 18.2 Å². The van der Waals surface area contributed by atoms with E-state index in [-0.39, 0.29) is 5.82 Å². The summed E-state index contributed by atoms with van der Waals surface area (Å²) in [4.78, 5) is 16.8. The van der Waals surface area contributed by atoms with Crippen LogP contribution >= 0.6 is 0 Å². The van der Waals surface area contributed by atoms with E-state index >= 15 is 0 Å². The average Bonchev–Trinajstić information content (AvgIpc) is 3.14. The number of anilines is 1. The van der Waals surface area contributed by atoms with E-state index < -0.39 is 0 Å². The maximum Gasteiger partial charge on any atom is 0.225 e. The molecule has 0 amide bonds. The van der Waals surface area contributed by atoms with E-state index in [1.165, 1.54) is 42.0 Å². The number of H-pyrrole nitrogens is 1. The Morgan fingerprint density at radius 2 is 1.97 bits per heavy atom. The standard InChI is InChI=1S/C23H28FN5/c1-17-20(24)14-26-22(27-17)29-11-8-23(9-12-29)7-4-10-28(16-23)15-18-13-25-21-6-3-2-5-19(18)21/h2-3,5-6,13-14,25H,4,7-12,15-16H2,1H3. The maximum atomic E-state index is 13.5. The molecule has 5 rings (SSSR count). The molecule has 0 atom stereocenters. The molecule has 2 aliphatic rings. The maximum absolute atomic E-state index is 13.5. The number of hydrogen-bond acceptors (Lipinski definition) is 4. The molecule has 0 aliphatic carbocycles. The van der Waals surface area contributed by atoms with Crippen molar-refractivity contribution in [1.29, 1.82) is 0 Å². The van der Waals surface area contributed by atoms with Crippen LogP contribution in [0, 0.1) is 18.2 Å². The van der Waals surface area contributed by atoms with Crippen LogP contribution in [0.2, 0.25) is 0 Å². The fourth-order valence-electron chi connectivity index (χ4n) is 5.13. The smallest absolute Gasteiger partial charge is 0.225 e. The minimum atomic E-state index is -0.331. The van der Waals surface area contributed by atoms with E-state index in [1.54, 1.807) is 6.92 Å². The Morgan fingerprint density at radius 3 is 2.79 bits per heavy atom. The van der Waals surface area contributed by atoms with Crippen LogP contribution in [-0.2, 0) is 6.54 Å². The summed E-state index contributed by atoms with van der Waals surface area (Å²) in [7, 11) is 0. The predicted octanol–water partition coefficient (Wildman–Crippen LogP) is 4.29. The molecule has 4 heterocycles. The predicted molar refractivity (Wildman–Crippen MR) is 113 cm³/mol. The minimum absolute atomic E-state index is 0.331. The van der Waals surface area contributed by atoms with E-state index in [4.69, 9.17) is 0 Å². The van der Waals surface area contributed by atoms with Crippen LogP contribution in [0.4, 0.5) is 10.3 Å². The first-order chi connectivity index (χ1) is 14.1. The highest BCUT2D eigenvalue weighted by molar-refractivity contribution is 5.82. The number of nitrogens with zero attached hydrogens (tertiary/aromatic N) is 4. The minimum Gasteiger partial charge on any atom is -0.361 e. The van der Waals surface area contributed by atoms with E-state index in [1.807, 2.05) is 0 Å². The van der Waals surface area contributed by atoms with Crippen molar-refractivity contribution >= 4 is 16.9 Å². The van der Waals surface area contributed by atoms with Gasteiger partial charge >= 0.3 is 0 Å². The number of halogens is 1. The molecule has 0 radical (unpaired) electrons. The zero-order chi connectivity index (χ0) is 19.8. The first-order valence-corrected chi connectivity index (χ1v) is 10.6. The second-order valence-corrected chi connectivity index (χ2v) is 8.76. The van der Waals surface area contributed by atoms with E-state index in [9.17, 15) is 4.39 Å². The summed E-state index contributed by atoms with van der Waals surface area (Å²) in [6, 6.07) is 8.56. The number of benzene rings is 1. The molecular weight excluding hydrogens is 365 g/mol. The third-order valence-corrected chi connectivity index (χ3v) is 6.82. The molecule has 6 heteroatoms. The van der Waals surface area contributed by atoms with E-state index in [2.05, 4.69) is 55.2 Å². The highest BCUT2D eigenvalue weighted by Gasteiger charge is 2.39. The van der Waals surface area contributed by atoms with Gasteiger partial charge < -0.3 is 9.88 Å².